The molecular weight excluding hydrogens is 339 g/mol. The minimum absolute atomic E-state index is 0.0425. The Balaban J connectivity index is 3.30. The third-order valence-corrected chi connectivity index (χ3v) is 6.55. The Kier molecular flexibility index (Phi) is 6.47. The van der Waals surface area contributed by atoms with Crippen molar-refractivity contribution < 1.29 is 8.42 Å². The van der Waals surface area contributed by atoms with Gasteiger partial charge in [0.2, 0.25) is 10.0 Å². The lowest BCUT2D eigenvalue weighted by molar-refractivity contribution is 0.385. The molecule has 2 N–H and O–H groups in total. The van der Waals surface area contributed by atoms with Crippen molar-refractivity contribution in [3.63, 3.8) is 0 Å². The van der Waals surface area contributed by atoms with Crippen LogP contribution in [0.3, 0.4) is 0 Å². The molecule has 0 spiro atoms. The Bertz CT molecular complexity index is 556. The zero-order valence-electron chi connectivity index (χ0n) is 11.6. The molecule has 1 aromatic carbocycles. The van der Waals surface area contributed by atoms with Gasteiger partial charge in [0.15, 0.2) is 0 Å². The van der Waals surface area contributed by atoms with E-state index in [1.807, 2.05) is 13.2 Å². The molecule has 0 aromatic heterocycles. The van der Waals surface area contributed by atoms with Gasteiger partial charge in [0, 0.05) is 24.5 Å². The van der Waals surface area contributed by atoms with Crippen LogP contribution in [-0.4, -0.2) is 37.8 Å². The summed E-state index contributed by atoms with van der Waals surface area (Å²) in [6.45, 7) is 1.94. The molecule has 0 saturated carbocycles. The lowest BCUT2D eigenvalue weighted by Gasteiger charge is -2.26. The summed E-state index contributed by atoms with van der Waals surface area (Å²) in [7, 11) is -2.21. The van der Waals surface area contributed by atoms with Crippen molar-refractivity contribution in [1.82, 2.24) is 4.31 Å². The molecule has 0 saturated heterocycles. The molecule has 4 nitrogen and oxygen atoms in total. The van der Waals surface area contributed by atoms with Gasteiger partial charge in [-0.1, -0.05) is 30.1 Å². The largest absolute Gasteiger partial charge is 0.399 e. The van der Waals surface area contributed by atoms with Gasteiger partial charge in [0.05, 0.1) is 10.0 Å². The van der Waals surface area contributed by atoms with E-state index < -0.39 is 10.0 Å². The Labute approximate surface area is 134 Å². The van der Waals surface area contributed by atoms with Gasteiger partial charge in [0.1, 0.15) is 4.90 Å². The number of nitrogen functional groups attached to an aromatic ring is 1. The molecular formula is C12H18Cl2N2O2S2. The molecule has 0 aliphatic rings. The van der Waals surface area contributed by atoms with Gasteiger partial charge in [-0.2, -0.15) is 16.1 Å². The van der Waals surface area contributed by atoms with E-state index in [9.17, 15) is 8.42 Å². The van der Waals surface area contributed by atoms with Gasteiger partial charge in [0.25, 0.3) is 0 Å². The highest BCUT2D eigenvalue weighted by atomic mass is 35.5. The number of hydrogen-bond donors (Lipinski definition) is 1. The molecule has 0 amide bonds. The second-order valence-corrected chi connectivity index (χ2v) is 8.01. The zero-order valence-corrected chi connectivity index (χ0v) is 14.7. The van der Waals surface area contributed by atoms with Crippen molar-refractivity contribution in [2.45, 2.75) is 24.3 Å². The molecule has 1 atom stereocenters. The van der Waals surface area contributed by atoms with E-state index in [2.05, 4.69) is 0 Å². The second kappa shape index (κ2) is 7.22. The highest BCUT2D eigenvalue weighted by Gasteiger charge is 2.30. The van der Waals surface area contributed by atoms with E-state index in [0.717, 1.165) is 0 Å². The van der Waals surface area contributed by atoms with Crippen molar-refractivity contribution in [3.05, 3.63) is 22.2 Å². The van der Waals surface area contributed by atoms with E-state index in [1.54, 1.807) is 18.8 Å². The van der Waals surface area contributed by atoms with Crippen LogP contribution < -0.4 is 5.73 Å². The standard InChI is InChI=1S/C12H18Cl2N2O2S2/c1-4-9(7-19-3)16(2)20(17,18)12-10(13)5-8(15)6-11(12)14/h5-6,9H,4,7,15H2,1-3H3. The number of sulfonamides is 1. The molecule has 114 valence electrons. The molecule has 20 heavy (non-hydrogen) atoms. The zero-order chi connectivity index (χ0) is 15.5. The summed E-state index contributed by atoms with van der Waals surface area (Å²) in [4.78, 5) is -0.0860. The van der Waals surface area contributed by atoms with Crippen molar-refractivity contribution >= 4 is 50.7 Å². The van der Waals surface area contributed by atoms with Gasteiger partial charge >= 0.3 is 0 Å². The van der Waals surface area contributed by atoms with Crippen LogP contribution in [0.5, 0.6) is 0 Å². The fourth-order valence-corrected chi connectivity index (χ4v) is 5.38. The van der Waals surface area contributed by atoms with E-state index in [1.165, 1.54) is 16.4 Å². The van der Waals surface area contributed by atoms with Gasteiger partial charge in [-0.05, 0) is 24.8 Å². The number of nitrogens with zero attached hydrogens (tertiary/aromatic N) is 1. The molecule has 1 unspecified atom stereocenters. The van der Waals surface area contributed by atoms with Crippen molar-refractivity contribution in [2.24, 2.45) is 0 Å². The number of hydrogen-bond acceptors (Lipinski definition) is 4. The Morgan fingerprint density at radius 1 is 1.35 bits per heavy atom. The number of thioether (sulfide) groups is 1. The predicted molar refractivity (Wildman–Crippen MR) is 88.3 cm³/mol. The van der Waals surface area contributed by atoms with Crippen LogP contribution in [0.1, 0.15) is 13.3 Å². The lowest BCUT2D eigenvalue weighted by Crippen LogP contribution is -2.38. The predicted octanol–water partition coefficient (Wildman–Crippen LogP) is 3.34. The van der Waals surface area contributed by atoms with Crippen LogP contribution in [0.25, 0.3) is 0 Å². The van der Waals surface area contributed by atoms with Crippen LogP contribution in [0.4, 0.5) is 5.69 Å². The summed E-state index contributed by atoms with van der Waals surface area (Å²) in [5.41, 5.74) is 5.93. The fraction of sp³-hybridized carbons (Fsp3) is 0.500. The fourth-order valence-electron chi connectivity index (χ4n) is 1.84. The monoisotopic (exact) mass is 356 g/mol. The second-order valence-electron chi connectivity index (χ2n) is 4.35. The molecule has 0 aliphatic carbocycles. The first-order chi connectivity index (χ1) is 9.25. The van der Waals surface area contributed by atoms with E-state index in [4.69, 9.17) is 28.9 Å². The highest BCUT2D eigenvalue weighted by Crippen LogP contribution is 2.34. The maximum atomic E-state index is 12.7. The van der Waals surface area contributed by atoms with Crippen molar-refractivity contribution in [1.29, 1.82) is 0 Å². The average molecular weight is 357 g/mol. The van der Waals surface area contributed by atoms with Crippen molar-refractivity contribution in [2.75, 3.05) is 24.8 Å². The third kappa shape index (κ3) is 3.74. The first-order valence-electron chi connectivity index (χ1n) is 5.97. The molecule has 0 heterocycles. The van der Waals surface area contributed by atoms with Crippen LogP contribution in [0.2, 0.25) is 10.0 Å². The average Bonchev–Trinajstić information content (AvgIpc) is 2.33. The molecule has 8 heteroatoms. The molecule has 0 fully saturated rings. The van der Waals surface area contributed by atoms with Gasteiger partial charge in [-0.15, -0.1) is 0 Å². The van der Waals surface area contributed by atoms with Crippen LogP contribution in [0.15, 0.2) is 17.0 Å². The van der Waals surface area contributed by atoms with Gasteiger partial charge in [-0.3, -0.25) is 0 Å². The van der Waals surface area contributed by atoms with Crippen LogP contribution in [-0.2, 0) is 10.0 Å². The first-order valence-corrected chi connectivity index (χ1v) is 9.56. The van der Waals surface area contributed by atoms with E-state index in [0.29, 0.717) is 17.9 Å². The number of benzene rings is 1. The van der Waals surface area contributed by atoms with E-state index >= 15 is 0 Å². The maximum absolute atomic E-state index is 12.7. The number of rotatable bonds is 6. The van der Waals surface area contributed by atoms with Gasteiger partial charge < -0.3 is 5.73 Å². The number of anilines is 1. The minimum Gasteiger partial charge on any atom is -0.399 e. The highest BCUT2D eigenvalue weighted by molar-refractivity contribution is 7.98. The minimum atomic E-state index is -3.75. The Morgan fingerprint density at radius 2 is 1.85 bits per heavy atom. The SMILES string of the molecule is CCC(CSC)N(C)S(=O)(=O)c1c(Cl)cc(N)cc1Cl. The normalized spacial score (nSPS) is 13.7. The summed E-state index contributed by atoms with van der Waals surface area (Å²) in [6.07, 6.45) is 2.65. The molecule has 0 aliphatic heterocycles. The van der Waals surface area contributed by atoms with Crippen molar-refractivity contribution in [3.8, 4) is 0 Å². The summed E-state index contributed by atoms with van der Waals surface area (Å²) in [5.74, 6) is 0.705. The van der Waals surface area contributed by atoms with E-state index in [-0.39, 0.29) is 21.0 Å². The smallest absolute Gasteiger partial charge is 0.246 e. The molecule has 0 bridgehead atoms. The Morgan fingerprint density at radius 3 is 2.25 bits per heavy atom. The summed E-state index contributed by atoms with van der Waals surface area (Å²) >= 11 is 13.6. The molecule has 0 radical (unpaired) electrons. The number of nitrogens with two attached hydrogens (primary N) is 1. The quantitative estimate of drug-likeness (QED) is 0.793. The van der Waals surface area contributed by atoms with Gasteiger partial charge in [-0.25, -0.2) is 8.42 Å². The Hall–Kier alpha value is -0.140. The lowest BCUT2D eigenvalue weighted by atomic mass is 10.3. The third-order valence-electron chi connectivity index (χ3n) is 3.00. The number of halogens is 2. The van der Waals surface area contributed by atoms with Crippen LogP contribution in [0, 0.1) is 0 Å². The maximum Gasteiger partial charge on any atom is 0.246 e. The summed E-state index contributed by atoms with van der Waals surface area (Å²) < 4.78 is 26.7. The summed E-state index contributed by atoms with van der Waals surface area (Å²) in [6, 6.07) is 2.67. The first kappa shape index (κ1) is 17.9. The topological polar surface area (TPSA) is 63.4 Å². The molecule has 1 rings (SSSR count). The summed E-state index contributed by atoms with van der Waals surface area (Å²) in [5, 5.41) is 0.0849. The molecule has 1 aromatic rings. The van der Waals surface area contributed by atoms with Crippen LogP contribution >= 0.6 is 35.0 Å².